The van der Waals surface area contributed by atoms with Crippen molar-refractivity contribution in [3.63, 3.8) is 0 Å². The van der Waals surface area contributed by atoms with E-state index < -0.39 is 13.0 Å². The normalized spacial score (nSPS) is 12.6. The molecular weight excluding hydrogens is 406 g/mol. The lowest BCUT2D eigenvalue weighted by molar-refractivity contribution is 0.0818. The van der Waals surface area contributed by atoms with E-state index in [2.05, 4.69) is 10.6 Å². The van der Waals surface area contributed by atoms with Crippen molar-refractivity contribution in [2.75, 3.05) is 26.4 Å². The fourth-order valence-corrected chi connectivity index (χ4v) is 3.07. The second kappa shape index (κ2) is 10.2. The summed E-state index contributed by atoms with van der Waals surface area (Å²) in [6.07, 6.45) is -1.97. The van der Waals surface area contributed by atoms with Gasteiger partial charge >= 0.3 is 6.03 Å². The molecule has 0 saturated heterocycles. The van der Waals surface area contributed by atoms with Gasteiger partial charge < -0.3 is 24.8 Å². The summed E-state index contributed by atoms with van der Waals surface area (Å²) in [7, 11) is 0. The maximum absolute atomic E-state index is 12.2. The second-order valence-electron chi connectivity index (χ2n) is 6.31. The van der Waals surface area contributed by atoms with Crippen LogP contribution in [-0.4, -0.2) is 38.8 Å². The number of benzene rings is 2. The zero-order valence-electron chi connectivity index (χ0n) is 15.6. The minimum absolute atomic E-state index is 0.244. The number of hydrogen-bond acceptors (Lipinski definition) is 4. The number of halogens is 3. The van der Waals surface area contributed by atoms with Crippen molar-refractivity contribution in [2.45, 2.75) is 19.4 Å². The van der Waals surface area contributed by atoms with Gasteiger partial charge in [0.1, 0.15) is 25.6 Å². The van der Waals surface area contributed by atoms with Crippen molar-refractivity contribution >= 4 is 17.6 Å². The molecule has 6 nitrogen and oxygen atoms in total. The van der Waals surface area contributed by atoms with Crippen LogP contribution in [0, 0.1) is 0 Å². The van der Waals surface area contributed by atoms with Gasteiger partial charge in [0.15, 0.2) is 11.5 Å². The molecule has 1 aliphatic heterocycles. The lowest BCUT2D eigenvalue weighted by atomic mass is 10.1. The van der Waals surface area contributed by atoms with E-state index in [1.165, 1.54) is 0 Å². The Balaban J connectivity index is 1.43. The van der Waals surface area contributed by atoms with Crippen molar-refractivity contribution in [3.05, 3.63) is 52.5 Å². The van der Waals surface area contributed by atoms with Crippen molar-refractivity contribution in [1.29, 1.82) is 0 Å². The molecule has 1 heterocycles. The first-order chi connectivity index (χ1) is 14.0. The van der Waals surface area contributed by atoms with Crippen LogP contribution in [0.15, 0.2) is 36.4 Å². The molecule has 0 bridgehead atoms. The Morgan fingerprint density at radius 3 is 2.79 bits per heavy atom. The third-order valence-electron chi connectivity index (χ3n) is 4.08. The highest BCUT2D eigenvalue weighted by Gasteiger charge is 2.16. The Kier molecular flexibility index (Phi) is 7.35. The quantitative estimate of drug-likeness (QED) is 0.673. The van der Waals surface area contributed by atoms with Crippen LogP contribution < -0.4 is 24.8 Å². The predicted molar refractivity (Wildman–Crippen MR) is 104 cm³/mol. The smallest absolute Gasteiger partial charge is 0.315 e. The highest BCUT2D eigenvalue weighted by Crippen LogP contribution is 2.38. The second-order valence-corrected chi connectivity index (χ2v) is 6.72. The number of urea groups is 1. The van der Waals surface area contributed by atoms with Crippen molar-refractivity contribution < 1.29 is 27.8 Å². The van der Waals surface area contributed by atoms with Gasteiger partial charge in [-0.05, 0) is 41.8 Å². The molecule has 0 aliphatic carbocycles. The first-order valence-corrected chi connectivity index (χ1v) is 9.48. The first-order valence-electron chi connectivity index (χ1n) is 9.11. The Hall–Kier alpha value is -2.74. The molecule has 2 aromatic rings. The standard InChI is InChI=1S/C20H21ClF2N2O4/c21-16-9-13(10-17-19(16)28-7-6-27-17)4-5-24-20(26)25-11-14-2-1-3-15(8-14)29-12-18(22)23/h1-3,8-10,18H,4-7,11-12H2,(H2,24,25,26). The summed E-state index contributed by atoms with van der Waals surface area (Å²) in [5.74, 6) is 1.49. The van der Waals surface area contributed by atoms with Crippen LogP contribution in [0.2, 0.25) is 5.02 Å². The SMILES string of the molecule is O=C(NCCc1cc(Cl)c2c(c1)OCCO2)NCc1cccc(OCC(F)F)c1. The third kappa shape index (κ3) is 6.39. The number of carbonyl (C=O) groups is 1. The van der Waals surface area contributed by atoms with E-state index in [9.17, 15) is 13.6 Å². The summed E-state index contributed by atoms with van der Waals surface area (Å²) in [6, 6.07) is 9.95. The summed E-state index contributed by atoms with van der Waals surface area (Å²) in [5, 5.41) is 5.96. The molecule has 3 rings (SSSR count). The molecule has 156 valence electrons. The van der Waals surface area contributed by atoms with Crippen molar-refractivity contribution in [3.8, 4) is 17.2 Å². The summed E-state index contributed by atoms with van der Waals surface area (Å²) < 4.78 is 40.4. The lowest BCUT2D eigenvalue weighted by Gasteiger charge is -2.20. The molecule has 2 N–H and O–H groups in total. The average Bonchev–Trinajstić information content (AvgIpc) is 2.71. The van der Waals surface area contributed by atoms with E-state index in [0.717, 1.165) is 11.1 Å². The zero-order chi connectivity index (χ0) is 20.6. The topological polar surface area (TPSA) is 68.8 Å². The molecule has 2 aromatic carbocycles. The van der Waals surface area contributed by atoms with Gasteiger partial charge in [0.25, 0.3) is 6.43 Å². The van der Waals surface area contributed by atoms with Crippen LogP contribution >= 0.6 is 11.6 Å². The Labute approximate surface area is 172 Å². The van der Waals surface area contributed by atoms with Crippen LogP contribution in [0.4, 0.5) is 13.6 Å². The fourth-order valence-electron chi connectivity index (χ4n) is 2.78. The molecule has 0 unspecified atom stereocenters. The van der Waals surface area contributed by atoms with Gasteiger partial charge in [0.05, 0.1) is 5.02 Å². The molecule has 29 heavy (non-hydrogen) atoms. The van der Waals surface area contributed by atoms with E-state index in [1.54, 1.807) is 30.3 Å². The van der Waals surface area contributed by atoms with Gasteiger partial charge in [-0.25, -0.2) is 13.6 Å². The number of hydrogen-bond donors (Lipinski definition) is 2. The van der Waals surface area contributed by atoms with Crippen LogP contribution in [0.3, 0.4) is 0 Å². The highest BCUT2D eigenvalue weighted by atomic mass is 35.5. The molecule has 9 heteroatoms. The van der Waals surface area contributed by atoms with Crippen LogP contribution in [0.1, 0.15) is 11.1 Å². The lowest BCUT2D eigenvalue weighted by Crippen LogP contribution is -2.36. The molecule has 1 aliphatic rings. The largest absolute Gasteiger partial charge is 0.488 e. The van der Waals surface area contributed by atoms with Gasteiger partial charge in [0.2, 0.25) is 0 Å². The number of carbonyl (C=O) groups excluding carboxylic acids is 1. The number of amides is 2. The summed E-state index contributed by atoms with van der Waals surface area (Å²) in [4.78, 5) is 12.0. The van der Waals surface area contributed by atoms with Crippen LogP contribution in [0.25, 0.3) is 0 Å². The minimum Gasteiger partial charge on any atom is -0.488 e. The van der Waals surface area contributed by atoms with Gasteiger partial charge in [-0.1, -0.05) is 23.7 Å². The van der Waals surface area contributed by atoms with Crippen LogP contribution in [-0.2, 0) is 13.0 Å². The Morgan fingerprint density at radius 2 is 1.97 bits per heavy atom. The predicted octanol–water partition coefficient (Wildman–Crippen LogP) is 3.80. The molecule has 0 spiro atoms. The third-order valence-corrected chi connectivity index (χ3v) is 4.36. The molecule has 2 amide bonds. The highest BCUT2D eigenvalue weighted by molar-refractivity contribution is 6.32. The zero-order valence-corrected chi connectivity index (χ0v) is 16.3. The first kappa shape index (κ1) is 21.0. The number of ether oxygens (including phenoxy) is 3. The van der Waals surface area contributed by atoms with Gasteiger partial charge in [-0.2, -0.15) is 0 Å². The molecule has 0 radical (unpaired) electrons. The Bertz CT molecular complexity index is 851. The maximum atomic E-state index is 12.2. The minimum atomic E-state index is -2.54. The Morgan fingerprint density at radius 1 is 1.14 bits per heavy atom. The molecule has 0 fully saturated rings. The molecule has 0 aromatic heterocycles. The maximum Gasteiger partial charge on any atom is 0.315 e. The molecule has 0 atom stereocenters. The van der Waals surface area contributed by atoms with E-state index in [4.69, 9.17) is 25.8 Å². The summed E-state index contributed by atoms with van der Waals surface area (Å²) >= 11 is 6.20. The molecular formula is C20H21ClF2N2O4. The van der Waals surface area contributed by atoms with Crippen LogP contribution in [0.5, 0.6) is 17.2 Å². The van der Waals surface area contributed by atoms with E-state index >= 15 is 0 Å². The van der Waals surface area contributed by atoms with Crippen molar-refractivity contribution in [2.24, 2.45) is 0 Å². The van der Waals surface area contributed by atoms with Gasteiger partial charge in [0, 0.05) is 13.1 Å². The van der Waals surface area contributed by atoms with Gasteiger partial charge in [-0.3, -0.25) is 0 Å². The van der Waals surface area contributed by atoms with E-state index in [1.807, 2.05) is 6.07 Å². The number of fused-ring (bicyclic) bond motifs is 1. The number of rotatable bonds is 8. The average molecular weight is 427 g/mol. The monoisotopic (exact) mass is 426 g/mol. The van der Waals surface area contributed by atoms with E-state index in [0.29, 0.717) is 48.5 Å². The van der Waals surface area contributed by atoms with E-state index in [-0.39, 0.29) is 12.6 Å². The number of alkyl halides is 2. The summed E-state index contributed by atoms with van der Waals surface area (Å²) in [5.41, 5.74) is 1.66. The van der Waals surface area contributed by atoms with Crippen molar-refractivity contribution in [1.82, 2.24) is 10.6 Å². The number of nitrogens with one attached hydrogen (secondary N) is 2. The molecule has 0 saturated carbocycles. The van der Waals surface area contributed by atoms with Gasteiger partial charge in [-0.15, -0.1) is 0 Å². The summed E-state index contributed by atoms with van der Waals surface area (Å²) in [6.45, 7) is 0.922. The fraction of sp³-hybridized carbons (Fsp3) is 0.350.